The minimum absolute atomic E-state index is 0.0335. The molecule has 2 aliphatic heterocycles. The maximum absolute atomic E-state index is 11.3. The Balaban J connectivity index is 2.23. The third-order valence-corrected chi connectivity index (χ3v) is 25.1. The lowest BCUT2D eigenvalue weighted by Gasteiger charge is -2.47. The lowest BCUT2D eigenvalue weighted by atomic mass is 9.93. The maximum atomic E-state index is 11.3. The molecule has 0 N–H and O–H groups in total. The number of epoxide rings is 1. The Bertz CT molecular complexity index is 1360. The van der Waals surface area contributed by atoms with Gasteiger partial charge in [0.1, 0.15) is 39.2 Å². The summed E-state index contributed by atoms with van der Waals surface area (Å²) in [4.78, 5) is 0. The van der Waals surface area contributed by atoms with E-state index in [0.717, 1.165) is 18.1 Å². The second kappa shape index (κ2) is 14.4. The summed E-state index contributed by atoms with van der Waals surface area (Å²) in [7, 11) is -5.16. The van der Waals surface area contributed by atoms with E-state index in [2.05, 4.69) is 118 Å². The number of ether oxygens (including phenoxy) is 5. The molecule has 2 heterocycles. The first kappa shape index (κ1) is 41.1. The summed E-state index contributed by atoms with van der Waals surface area (Å²) in [6, 6.07) is 5.88. The Morgan fingerprint density at radius 2 is 1.52 bits per heavy atom. The van der Waals surface area contributed by atoms with Gasteiger partial charge in [-0.15, -0.1) is 5.54 Å². The number of nitriles is 1. The summed E-state index contributed by atoms with van der Waals surface area (Å²) >= 11 is 0. The van der Waals surface area contributed by atoms with Crippen molar-refractivity contribution in [2.45, 2.75) is 172 Å². The zero-order valence-corrected chi connectivity index (χ0v) is 35.7. The standard InChI is InChI=1S/C37H63NO7Si3/c1-17-48(18-2,19-3)23-21-30-36(43-30,31-25-41-35(10,11)42-31)22-20-28-24-29(40-27-39-12)32(44-46(13,14)33(4,5)6)37(28,26-38)45-47(15,16)34(7,8)9/h24,29-32H,17-19,25,27H2,1-16H3/t29-,30-,31-,32+,36+,37+/m1/s1. The fourth-order valence-electron chi connectivity index (χ4n) is 5.65. The number of rotatable bonds is 11. The maximum Gasteiger partial charge on any atom is 0.206 e. The van der Waals surface area contributed by atoms with Crippen LogP contribution in [-0.4, -0.2) is 86.6 Å². The molecule has 0 aromatic rings. The molecule has 2 fully saturated rings. The third-order valence-electron chi connectivity index (χ3n) is 11.4. The Kier molecular flexibility index (Phi) is 12.3. The smallest absolute Gasteiger partial charge is 0.206 e. The molecule has 270 valence electrons. The van der Waals surface area contributed by atoms with Crippen molar-refractivity contribution in [3.8, 4) is 29.4 Å². The lowest BCUT2D eigenvalue weighted by Crippen LogP contribution is -2.60. The molecular weight excluding hydrogens is 655 g/mol. The van der Waals surface area contributed by atoms with Crippen molar-refractivity contribution in [3.63, 3.8) is 0 Å². The molecule has 0 unspecified atom stereocenters. The second-order valence-corrected chi connectivity index (χ2v) is 31.5. The molecule has 3 rings (SSSR count). The molecule has 0 aromatic heterocycles. The minimum atomic E-state index is -2.57. The number of nitrogens with zero attached hydrogens (tertiary/aromatic N) is 1. The Morgan fingerprint density at radius 3 is 1.98 bits per heavy atom. The molecule has 8 nitrogen and oxygen atoms in total. The second-order valence-electron chi connectivity index (χ2n) is 17.1. The SMILES string of the molecule is CC[Si](C#C[C@H]1O[C@]1(C#CC1=C[C@@H](OCOC)[C@H](O[Si](C)(C)C(C)(C)C)[C@@]1(C#N)O[Si](C)(C)C(C)(C)C)[C@H]1COC(C)(C)O1)(CC)CC. The van der Waals surface area contributed by atoms with Crippen molar-refractivity contribution >= 4 is 24.7 Å². The van der Waals surface area contributed by atoms with Crippen molar-refractivity contribution in [2.24, 2.45) is 0 Å². The van der Waals surface area contributed by atoms with Gasteiger partial charge < -0.3 is 32.5 Å². The minimum Gasteiger partial charge on any atom is -0.406 e. The number of hydrogen-bond donors (Lipinski definition) is 0. The van der Waals surface area contributed by atoms with E-state index in [4.69, 9.17) is 32.5 Å². The number of methoxy groups -OCH3 is 1. The van der Waals surface area contributed by atoms with Gasteiger partial charge in [-0.3, -0.25) is 0 Å². The van der Waals surface area contributed by atoms with E-state index in [-0.39, 0.29) is 16.9 Å². The van der Waals surface area contributed by atoms with E-state index >= 15 is 0 Å². The topological polar surface area (TPSA) is 91.7 Å². The highest BCUT2D eigenvalue weighted by molar-refractivity contribution is 6.87. The van der Waals surface area contributed by atoms with Crippen LogP contribution in [0.3, 0.4) is 0 Å². The first-order valence-electron chi connectivity index (χ1n) is 17.6. The molecule has 6 atom stereocenters. The van der Waals surface area contributed by atoms with Crippen LogP contribution in [-0.2, 0) is 32.5 Å². The van der Waals surface area contributed by atoms with Crippen molar-refractivity contribution < 1.29 is 32.5 Å². The first-order chi connectivity index (χ1) is 21.9. The molecule has 0 bridgehead atoms. The quantitative estimate of drug-likeness (QED) is 0.0922. The summed E-state index contributed by atoms with van der Waals surface area (Å²) in [6.45, 7) is 32.6. The van der Waals surface area contributed by atoms with E-state index in [1.54, 1.807) is 7.11 Å². The molecule has 0 saturated carbocycles. The van der Waals surface area contributed by atoms with Crippen LogP contribution in [0.1, 0.15) is 76.2 Å². The predicted molar refractivity (Wildman–Crippen MR) is 199 cm³/mol. The highest BCUT2D eigenvalue weighted by Gasteiger charge is 2.65. The molecule has 48 heavy (non-hydrogen) atoms. The highest BCUT2D eigenvalue weighted by Crippen LogP contribution is 2.49. The van der Waals surface area contributed by atoms with Gasteiger partial charge in [-0.1, -0.05) is 80.1 Å². The zero-order valence-electron chi connectivity index (χ0n) is 32.7. The zero-order chi connectivity index (χ0) is 36.6. The molecular formula is C37H63NO7Si3. The van der Waals surface area contributed by atoms with Crippen molar-refractivity contribution in [2.75, 3.05) is 20.5 Å². The monoisotopic (exact) mass is 717 g/mol. The Hall–Kier alpha value is -1.28. The van der Waals surface area contributed by atoms with Crippen LogP contribution in [0.15, 0.2) is 11.6 Å². The van der Waals surface area contributed by atoms with Crippen LogP contribution in [0.2, 0.25) is 54.4 Å². The summed E-state index contributed by atoms with van der Waals surface area (Å²) < 4.78 is 44.6. The molecule has 2 saturated heterocycles. The molecule has 3 aliphatic rings. The van der Waals surface area contributed by atoms with Crippen molar-refractivity contribution in [3.05, 3.63) is 11.6 Å². The summed E-state index contributed by atoms with van der Waals surface area (Å²) in [5.74, 6) is 9.59. The highest BCUT2D eigenvalue weighted by atomic mass is 28.4. The van der Waals surface area contributed by atoms with Crippen molar-refractivity contribution in [1.82, 2.24) is 0 Å². The largest absolute Gasteiger partial charge is 0.406 e. The molecule has 0 radical (unpaired) electrons. The van der Waals surface area contributed by atoms with E-state index in [1.165, 1.54) is 0 Å². The van der Waals surface area contributed by atoms with Gasteiger partial charge >= 0.3 is 0 Å². The fraction of sp³-hybridized carbons (Fsp3) is 0.811. The number of hydrogen-bond acceptors (Lipinski definition) is 8. The molecule has 1 aliphatic carbocycles. The van der Waals surface area contributed by atoms with Gasteiger partial charge in [-0.2, -0.15) is 5.26 Å². The van der Waals surface area contributed by atoms with E-state index in [9.17, 15) is 5.26 Å². The molecule has 0 spiro atoms. The summed E-state index contributed by atoms with van der Waals surface area (Å²) in [5, 5.41) is 11.0. The average molecular weight is 718 g/mol. The summed E-state index contributed by atoms with van der Waals surface area (Å²) in [5.41, 5.74) is 1.69. The van der Waals surface area contributed by atoms with E-state index in [0.29, 0.717) is 12.2 Å². The normalized spacial score (nSPS) is 30.5. The van der Waals surface area contributed by atoms with Gasteiger partial charge in [-0.05, 0) is 74.3 Å². The van der Waals surface area contributed by atoms with Crippen LogP contribution < -0.4 is 0 Å². The van der Waals surface area contributed by atoms with Crippen molar-refractivity contribution in [1.29, 1.82) is 5.26 Å². The van der Waals surface area contributed by atoms with E-state index in [1.807, 2.05) is 19.9 Å². The molecule has 0 amide bonds. The van der Waals surface area contributed by atoms with Crippen LogP contribution in [0.4, 0.5) is 0 Å². The van der Waals surface area contributed by atoms with Gasteiger partial charge in [-0.25, -0.2) is 0 Å². The Morgan fingerprint density at radius 1 is 0.938 bits per heavy atom. The molecule has 0 aromatic carbocycles. The van der Waals surface area contributed by atoms with Gasteiger partial charge in [0.15, 0.2) is 34.1 Å². The van der Waals surface area contributed by atoms with Gasteiger partial charge in [0, 0.05) is 12.7 Å². The van der Waals surface area contributed by atoms with Gasteiger partial charge in [0.2, 0.25) is 5.60 Å². The average Bonchev–Trinajstić information content (AvgIpc) is 3.47. The van der Waals surface area contributed by atoms with Gasteiger partial charge in [0.05, 0.1) is 6.61 Å². The first-order valence-corrected chi connectivity index (χ1v) is 26.1. The summed E-state index contributed by atoms with van der Waals surface area (Å²) in [6.07, 6.45) is -0.340. The van der Waals surface area contributed by atoms with Crippen LogP contribution >= 0.6 is 0 Å². The van der Waals surface area contributed by atoms with Gasteiger partial charge in [0.25, 0.3) is 0 Å². The lowest BCUT2D eigenvalue weighted by molar-refractivity contribution is -0.143. The predicted octanol–water partition coefficient (Wildman–Crippen LogP) is 7.93. The third kappa shape index (κ3) is 8.26. The van der Waals surface area contributed by atoms with E-state index < -0.39 is 66.1 Å². The van der Waals surface area contributed by atoms with Crippen LogP contribution in [0, 0.1) is 34.6 Å². The molecule has 11 heteroatoms. The van der Waals surface area contributed by atoms with Crippen LogP contribution in [0.5, 0.6) is 0 Å². The fourth-order valence-corrected chi connectivity index (χ4v) is 10.8. The van der Waals surface area contributed by atoms with Crippen LogP contribution in [0.25, 0.3) is 0 Å². The Labute approximate surface area is 295 Å².